The van der Waals surface area contributed by atoms with Gasteiger partial charge in [-0.25, -0.2) is 13.1 Å². The Kier molecular flexibility index (Phi) is 5.38. The van der Waals surface area contributed by atoms with Gasteiger partial charge in [-0.05, 0) is 35.9 Å². The molecule has 1 heterocycles. The first-order chi connectivity index (χ1) is 11.8. The van der Waals surface area contributed by atoms with Crippen molar-refractivity contribution >= 4 is 45.0 Å². The number of carbonyl (C=O) groups excluding carboxylic acids is 1. The van der Waals surface area contributed by atoms with Crippen LogP contribution in [-0.4, -0.2) is 20.1 Å². The Morgan fingerprint density at radius 1 is 1.24 bits per heavy atom. The lowest BCUT2D eigenvalue weighted by atomic mass is 10.2. The van der Waals surface area contributed by atoms with Crippen molar-refractivity contribution in [2.75, 3.05) is 11.1 Å². The topological polar surface area (TPSA) is 75.3 Å². The molecule has 0 aliphatic carbocycles. The van der Waals surface area contributed by atoms with Gasteiger partial charge in [-0.3, -0.25) is 4.79 Å². The van der Waals surface area contributed by atoms with E-state index < -0.39 is 10.0 Å². The highest BCUT2D eigenvalue weighted by Gasteiger charge is 2.22. The van der Waals surface area contributed by atoms with Crippen LogP contribution >= 0.6 is 23.4 Å². The summed E-state index contributed by atoms with van der Waals surface area (Å²) in [6.45, 7) is 2.01. The fraction of sp³-hybridized carbons (Fsp3) is 0.235. The van der Waals surface area contributed by atoms with E-state index in [4.69, 9.17) is 11.6 Å². The zero-order valence-electron chi connectivity index (χ0n) is 13.5. The van der Waals surface area contributed by atoms with Crippen molar-refractivity contribution in [3.05, 3.63) is 53.1 Å². The van der Waals surface area contributed by atoms with Crippen LogP contribution in [0.15, 0.2) is 52.3 Å². The van der Waals surface area contributed by atoms with Crippen molar-refractivity contribution < 1.29 is 13.2 Å². The van der Waals surface area contributed by atoms with E-state index in [1.54, 1.807) is 48.2 Å². The molecule has 5 nitrogen and oxygen atoms in total. The van der Waals surface area contributed by atoms with Gasteiger partial charge in [0, 0.05) is 28.1 Å². The number of rotatable bonds is 4. The van der Waals surface area contributed by atoms with Gasteiger partial charge in [0.25, 0.3) is 0 Å². The van der Waals surface area contributed by atoms with Crippen molar-refractivity contribution in [3.8, 4) is 0 Å². The minimum atomic E-state index is -3.69. The van der Waals surface area contributed by atoms with Gasteiger partial charge in [-0.2, -0.15) is 0 Å². The van der Waals surface area contributed by atoms with Crippen LogP contribution in [0.2, 0.25) is 5.02 Å². The molecule has 0 spiro atoms. The summed E-state index contributed by atoms with van der Waals surface area (Å²) < 4.78 is 27.6. The predicted molar refractivity (Wildman–Crippen MR) is 100 cm³/mol. The van der Waals surface area contributed by atoms with Crippen LogP contribution in [0.5, 0.6) is 0 Å². The van der Waals surface area contributed by atoms with Gasteiger partial charge in [0.15, 0.2) is 0 Å². The van der Waals surface area contributed by atoms with E-state index in [1.165, 1.54) is 6.07 Å². The van der Waals surface area contributed by atoms with Gasteiger partial charge in [-0.1, -0.05) is 30.7 Å². The van der Waals surface area contributed by atoms with Crippen LogP contribution in [0.3, 0.4) is 0 Å². The standard InChI is InChI=1S/C17H17ClN2O3S2/c1-11-10-24-16-7-6-14(8-15(16)20-17(11)21)25(22,23)19-9-12-2-4-13(18)5-3-12/h2-8,11,19H,9-10H2,1H3,(H,20,21)/t11-/m1/s1. The molecule has 25 heavy (non-hydrogen) atoms. The van der Waals surface area contributed by atoms with Crippen LogP contribution in [0, 0.1) is 5.92 Å². The third-order valence-corrected chi connectivity index (χ3v) is 6.82. The minimum Gasteiger partial charge on any atom is -0.325 e. The maximum absolute atomic E-state index is 12.5. The second-order valence-corrected chi connectivity index (χ2v) is 9.08. The SMILES string of the molecule is C[C@@H]1CSc2ccc(S(=O)(=O)NCc3ccc(Cl)cc3)cc2NC1=O. The number of fused-ring (bicyclic) bond motifs is 1. The lowest BCUT2D eigenvalue weighted by Gasteiger charge is -2.11. The molecule has 3 rings (SSSR count). The normalized spacial score (nSPS) is 17.5. The van der Waals surface area contributed by atoms with Gasteiger partial charge in [0.05, 0.1) is 10.6 Å². The Hall–Kier alpha value is -1.54. The smallest absolute Gasteiger partial charge is 0.240 e. The van der Waals surface area contributed by atoms with E-state index in [1.807, 2.05) is 6.92 Å². The molecule has 0 unspecified atom stereocenters. The summed E-state index contributed by atoms with van der Waals surface area (Å²) in [5.41, 5.74) is 1.34. The molecule has 0 radical (unpaired) electrons. The van der Waals surface area contributed by atoms with E-state index in [-0.39, 0.29) is 23.3 Å². The Labute approximate surface area is 156 Å². The van der Waals surface area contributed by atoms with E-state index in [2.05, 4.69) is 10.0 Å². The number of sulfonamides is 1. The molecule has 0 bridgehead atoms. The molecule has 2 aromatic rings. The highest BCUT2D eigenvalue weighted by molar-refractivity contribution is 7.99. The summed E-state index contributed by atoms with van der Waals surface area (Å²) in [5, 5.41) is 3.40. The molecule has 1 amide bonds. The first-order valence-electron chi connectivity index (χ1n) is 7.67. The monoisotopic (exact) mass is 396 g/mol. The van der Waals surface area contributed by atoms with E-state index in [9.17, 15) is 13.2 Å². The van der Waals surface area contributed by atoms with Gasteiger partial charge < -0.3 is 5.32 Å². The number of amides is 1. The van der Waals surface area contributed by atoms with E-state index >= 15 is 0 Å². The van der Waals surface area contributed by atoms with E-state index in [0.717, 1.165) is 10.5 Å². The molecule has 1 atom stereocenters. The highest BCUT2D eigenvalue weighted by Crippen LogP contribution is 2.34. The van der Waals surface area contributed by atoms with Gasteiger partial charge >= 0.3 is 0 Å². The summed E-state index contributed by atoms with van der Waals surface area (Å²) in [6.07, 6.45) is 0. The summed E-state index contributed by atoms with van der Waals surface area (Å²) in [5.74, 6) is 0.440. The largest absolute Gasteiger partial charge is 0.325 e. The van der Waals surface area contributed by atoms with Crippen molar-refractivity contribution in [2.24, 2.45) is 5.92 Å². The fourth-order valence-electron chi connectivity index (χ4n) is 2.31. The minimum absolute atomic E-state index is 0.102. The average Bonchev–Trinajstić information content (AvgIpc) is 2.73. The maximum atomic E-state index is 12.5. The average molecular weight is 397 g/mol. The van der Waals surface area contributed by atoms with Crippen LogP contribution in [0.1, 0.15) is 12.5 Å². The second-order valence-electron chi connectivity index (χ2n) is 5.81. The number of anilines is 1. The molecule has 2 N–H and O–H groups in total. The Balaban J connectivity index is 1.79. The third kappa shape index (κ3) is 4.36. The fourth-order valence-corrected chi connectivity index (χ4v) is 4.49. The lowest BCUT2D eigenvalue weighted by molar-refractivity contribution is -0.118. The number of carbonyl (C=O) groups is 1. The van der Waals surface area contributed by atoms with Crippen LogP contribution in [0.4, 0.5) is 5.69 Å². The summed E-state index contributed by atoms with van der Waals surface area (Å²) >= 11 is 7.37. The van der Waals surface area contributed by atoms with Crippen LogP contribution in [-0.2, 0) is 21.4 Å². The predicted octanol–water partition coefficient (Wildman–Crippen LogP) is 3.50. The lowest BCUT2D eigenvalue weighted by Crippen LogP contribution is -2.24. The molecule has 0 saturated carbocycles. The summed E-state index contributed by atoms with van der Waals surface area (Å²) in [4.78, 5) is 13.0. The molecule has 0 saturated heterocycles. The summed E-state index contributed by atoms with van der Waals surface area (Å²) in [7, 11) is -3.69. The van der Waals surface area contributed by atoms with Crippen molar-refractivity contribution in [1.82, 2.24) is 4.72 Å². The maximum Gasteiger partial charge on any atom is 0.240 e. The number of hydrogen-bond acceptors (Lipinski definition) is 4. The molecule has 2 aromatic carbocycles. The third-order valence-electron chi connectivity index (χ3n) is 3.84. The zero-order valence-corrected chi connectivity index (χ0v) is 15.8. The molecule has 8 heteroatoms. The number of nitrogens with one attached hydrogen (secondary N) is 2. The van der Waals surface area contributed by atoms with Gasteiger partial charge in [0.2, 0.25) is 15.9 Å². The van der Waals surface area contributed by atoms with Crippen molar-refractivity contribution in [3.63, 3.8) is 0 Å². The Morgan fingerprint density at radius 2 is 1.96 bits per heavy atom. The van der Waals surface area contributed by atoms with E-state index in [0.29, 0.717) is 16.5 Å². The first kappa shape index (κ1) is 18.3. The van der Waals surface area contributed by atoms with Gasteiger partial charge in [0.1, 0.15) is 0 Å². The zero-order chi connectivity index (χ0) is 18.0. The molecule has 1 aliphatic rings. The van der Waals surface area contributed by atoms with Crippen LogP contribution in [0.25, 0.3) is 0 Å². The second kappa shape index (κ2) is 7.37. The molecule has 1 aliphatic heterocycles. The number of thioether (sulfide) groups is 1. The molecule has 132 valence electrons. The van der Waals surface area contributed by atoms with Crippen molar-refractivity contribution in [2.45, 2.75) is 23.3 Å². The number of halogens is 1. The molecule has 0 fully saturated rings. The first-order valence-corrected chi connectivity index (χ1v) is 10.5. The number of hydrogen-bond donors (Lipinski definition) is 2. The summed E-state index contributed by atoms with van der Waals surface area (Å²) in [6, 6.07) is 11.7. The number of benzene rings is 2. The van der Waals surface area contributed by atoms with Gasteiger partial charge in [-0.15, -0.1) is 11.8 Å². The molecular formula is C17H17ClN2O3S2. The van der Waals surface area contributed by atoms with Crippen LogP contribution < -0.4 is 10.0 Å². The molecule has 0 aromatic heterocycles. The molecular weight excluding hydrogens is 380 g/mol. The quantitative estimate of drug-likeness (QED) is 0.829. The Bertz CT molecular complexity index is 899. The van der Waals surface area contributed by atoms with Crippen molar-refractivity contribution in [1.29, 1.82) is 0 Å². The highest BCUT2D eigenvalue weighted by atomic mass is 35.5. The Morgan fingerprint density at radius 3 is 2.68 bits per heavy atom.